The van der Waals surface area contributed by atoms with Crippen molar-refractivity contribution in [1.29, 1.82) is 0 Å². The molecule has 1 aliphatic rings. The minimum atomic E-state index is 0.144. The van der Waals surface area contributed by atoms with Crippen LogP contribution >= 0.6 is 0 Å². The highest BCUT2D eigenvalue weighted by Crippen LogP contribution is 2.42. The van der Waals surface area contributed by atoms with Gasteiger partial charge in [0.25, 0.3) is 0 Å². The Morgan fingerprint density at radius 2 is 1.92 bits per heavy atom. The van der Waals surface area contributed by atoms with E-state index < -0.39 is 0 Å². The second-order valence-electron chi connectivity index (χ2n) is 4.00. The van der Waals surface area contributed by atoms with Gasteiger partial charge in [-0.15, -0.1) is 0 Å². The molecule has 2 rings (SSSR count). The molecule has 1 aromatic carbocycles. The van der Waals surface area contributed by atoms with Gasteiger partial charge in [0.2, 0.25) is 0 Å². The first kappa shape index (κ1) is 8.36. The number of rotatable bonds is 0. The predicted octanol–water partition coefficient (Wildman–Crippen LogP) is 3.29. The molecule has 0 radical (unpaired) electrons. The number of benzene rings is 1. The lowest BCUT2D eigenvalue weighted by Crippen LogP contribution is -2.16. The molecule has 1 heterocycles. The maximum absolute atomic E-state index is 3.44. The molecule has 1 aliphatic heterocycles. The fraction of sp³-hybridized carbons (Fsp3) is 0.333. The van der Waals surface area contributed by atoms with E-state index in [1.807, 2.05) is 0 Å². The molecule has 0 amide bonds. The molecule has 0 saturated heterocycles. The smallest absolute Gasteiger partial charge is 0.0424 e. The fourth-order valence-corrected chi connectivity index (χ4v) is 2.02. The molecule has 0 saturated carbocycles. The van der Waals surface area contributed by atoms with Gasteiger partial charge >= 0.3 is 0 Å². The third-order valence-corrected chi connectivity index (χ3v) is 2.83. The van der Waals surface area contributed by atoms with E-state index >= 15 is 0 Å². The highest BCUT2D eigenvalue weighted by Gasteiger charge is 2.33. The highest BCUT2D eigenvalue weighted by atomic mass is 14.9. The molecule has 0 spiro atoms. The summed E-state index contributed by atoms with van der Waals surface area (Å²) in [4.78, 5) is 0. The molecule has 0 unspecified atom stereocenters. The lowest BCUT2D eigenvalue weighted by Gasteiger charge is -2.19. The maximum atomic E-state index is 3.44. The summed E-state index contributed by atoms with van der Waals surface area (Å²) >= 11 is 0. The summed E-state index contributed by atoms with van der Waals surface area (Å²) in [5.41, 5.74) is 4.09. The van der Waals surface area contributed by atoms with Gasteiger partial charge in [-0.05, 0) is 18.6 Å². The number of fused-ring (bicyclic) bond motifs is 1. The SMILES string of the molecule is CC=C1Nc2ccccc2C1(C)C. The molecule has 13 heavy (non-hydrogen) atoms. The molecular formula is C12H15N. The van der Waals surface area contributed by atoms with Gasteiger partial charge < -0.3 is 5.32 Å². The van der Waals surface area contributed by atoms with Crippen molar-refractivity contribution >= 4 is 5.69 Å². The van der Waals surface area contributed by atoms with Crippen molar-refractivity contribution in [2.45, 2.75) is 26.2 Å². The lowest BCUT2D eigenvalue weighted by molar-refractivity contribution is 0.653. The Balaban J connectivity index is 2.60. The number of hydrogen-bond donors (Lipinski definition) is 1. The van der Waals surface area contributed by atoms with Crippen molar-refractivity contribution < 1.29 is 0 Å². The summed E-state index contributed by atoms with van der Waals surface area (Å²) in [7, 11) is 0. The average Bonchev–Trinajstić information content (AvgIpc) is 2.39. The fourth-order valence-electron chi connectivity index (χ4n) is 2.02. The summed E-state index contributed by atoms with van der Waals surface area (Å²) < 4.78 is 0. The summed E-state index contributed by atoms with van der Waals surface area (Å²) in [6.07, 6.45) is 2.15. The lowest BCUT2D eigenvalue weighted by atomic mass is 9.84. The normalized spacial score (nSPS) is 21.3. The predicted molar refractivity (Wildman–Crippen MR) is 56.8 cm³/mol. The molecule has 0 bridgehead atoms. The van der Waals surface area contributed by atoms with Crippen LogP contribution in [0.25, 0.3) is 0 Å². The van der Waals surface area contributed by atoms with E-state index in [4.69, 9.17) is 0 Å². The first-order valence-corrected chi connectivity index (χ1v) is 4.69. The van der Waals surface area contributed by atoms with Gasteiger partial charge in [-0.25, -0.2) is 0 Å². The minimum absolute atomic E-state index is 0.144. The van der Waals surface area contributed by atoms with E-state index in [1.165, 1.54) is 16.9 Å². The first-order valence-electron chi connectivity index (χ1n) is 4.69. The van der Waals surface area contributed by atoms with Gasteiger partial charge in [0.15, 0.2) is 0 Å². The average molecular weight is 173 g/mol. The summed E-state index contributed by atoms with van der Waals surface area (Å²) in [6.45, 7) is 6.58. The Morgan fingerprint density at radius 1 is 1.23 bits per heavy atom. The quantitative estimate of drug-likeness (QED) is 0.634. The molecule has 0 aromatic heterocycles. The van der Waals surface area contributed by atoms with Crippen LogP contribution in [0.15, 0.2) is 36.0 Å². The largest absolute Gasteiger partial charge is 0.358 e. The van der Waals surface area contributed by atoms with Gasteiger partial charge in [-0.2, -0.15) is 0 Å². The Hall–Kier alpha value is -1.24. The van der Waals surface area contributed by atoms with Crippen LogP contribution in [0.1, 0.15) is 26.3 Å². The van der Waals surface area contributed by atoms with E-state index in [-0.39, 0.29) is 5.41 Å². The van der Waals surface area contributed by atoms with Crippen LogP contribution in [0.4, 0.5) is 5.69 Å². The van der Waals surface area contributed by atoms with Crippen molar-refractivity contribution in [3.8, 4) is 0 Å². The van der Waals surface area contributed by atoms with Gasteiger partial charge in [-0.3, -0.25) is 0 Å². The standard InChI is InChI=1S/C12H15N/c1-4-11-12(2,3)9-7-5-6-8-10(9)13-11/h4-8,13H,1-3H3. The first-order chi connectivity index (χ1) is 6.16. The van der Waals surface area contributed by atoms with Gasteiger partial charge in [0.1, 0.15) is 0 Å². The summed E-state index contributed by atoms with van der Waals surface area (Å²) in [5, 5.41) is 3.44. The molecule has 1 aromatic rings. The van der Waals surface area contributed by atoms with Crippen LogP contribution in [-0.2, 0) is 5.41 Å². The zero-order valence-electron chi connectivity index (χ0n) is 8.39. The second kappa shape index (κ2) is 2.63. The van der Waals surface area contributed by atoms with Crippen molar-refractivity contribution in [2.24, 2.45) is 0 Å². The minimum Gasteiger partial charge on any atom is -0.358 e. The maximum Gasteiger partial charge on any atom is 0.0424 e. The number of allylic oxidation sites excluding steroid dienone is 2. The Labute approximate surface area is 79.5 Å². The molecule has 0 atom stereocenters. The van der Waals surface area contributed by atoms with E-state index in [9.17, 15) is 0 Å². The van der Waals surface area contributed by atoms with Crippen molar-refractivity contribution in [3.05, 3.63) is 41.6 Å². The van der Waals surface area contributed by atoms with E-state index in [1.54, 1.807) is 0 Å². The van der Waals surface area contributed by atoms with Crippen LogP contribution in [0, 0.1) is 0 Å². The molecule has 0 aliphatic carbocycles. The molecule has 1 heteroatoms. The van der Waals surface area contributed by atoms with Gasteiger partial charge in [0.05, 0.1) is 0 Å². The van der Waals surface area contributed by atoms with E-state index in [2.05, 4.69) is 56.4 Å². The zero-order chi connectivity index (χ0) is 9.47. The summed E-state index contributed by atoms with van der Waals surface area (Å²) in [6, 6.07) is 8.49. The number of para-hydroxylation sites is 1. The van der Waals surface area contributed by atoms with Crippen LogP contribution in [0.5, 0.6) is 0 Å². The van der Waals surface area contributed by atoms with Crippen molar-refractivity contribution in [2.75, 3.05) is 5.32 Å². The number of anilines is 1. The second-order valence-corrected chi connectivity index (χ2v) is 4.00. The van der Waals surface area contributed by atoms with Gasteiger partial charge in [0, 0.05) is 16.8 Å². The molecule has 1 nitrogen and oxygen atoms in total. The topological polar surface area (TPSA) is 12.0 Å². The Kier molecular flexibility index (Phi) is 1.69. The van der Waals surface area contributed by atoms with Crippen LogP contribution in [0.3, 0.4) is 0 Å². The van der Waals surface area contributed by atoms with E-state index in [0.29, 0.717) is 0 Å². The molecule has 1 N–H and O–H groups in total. The highest BCUT2D eigenvalue weighted by molar-refractivity contribution is 5.67. The molecule has 68 valence electrons. The Morgan fingerprint density at radius 3 is 2.54 bits per heavy atom. The number of nitrogens with one attached hydrogen (secondary N) is 1. The monoisotopic (exact) mass is 173 g/mol. The number of hydrogen-bond acceptors (Lipinski definition) is 1. The summed E-state index contributed by atoms with van der Waals surface area (Å²) in [5.74, 6) is 0. The molecule has 0 fully saturated rings. The molecular weight excluding hydrogens is 158 g/mol. The van der Waals surface area contributed by atoms with Crippen molar-refractivity contribution in [3.63, 3.8) is 0 Å². The third-order valence-electron chi connectivity index (χ3n) is 2.83. The van der Waals surface area contributed by atoms with Crippen molar-refractivity contribution in [1.82, 2.24) is 0 Å². The zero-order valence-corrected chi connectivity index (χ0v) is 8.39. The third kappa shape index (κ3) is 1.07. The van der Waals surface area contributed by atoms with E-state index in [0.717, 1.165) is 0 Å². The van der Waals surface area contributed by atoms with Crippen LogP contribution in [-0.4, -0.2) is 0 Å². The Bertz CT molecular complexity index is 361. The van der Waals surface area contributed by atoms with Gasteiger partial charge in [-0.1, -0.05) is 38.1 Å². The van der Waals surface area contributed by atoms with Crippen LogP contribution in [0.2, 0.25) is 0 Å². The van der Waals surface area contributed by atoms with Crippen LogP contribution < -0.4 is 5.32 Å².